The Hall–Kier alpha value is -2.29. The fourth-order valence-electron chi connectivity index (χ4n) is 2.44. The number of carbonyl (C=O) groups is 1. The quantitative estimate of drug-likeness (QED) is 0.661. The molecule has 3 heteroatoms. The van der Waals surface area contributed by atoms with Gasteiger partial charge in [0.25, 0.3) is 0 Å². The van der Waals surface area contributed by atoms with Crippen molar-refractivity contribution in [2.75, 3.05) is 12.3 Å². The minimum Gasteiger partial charge on any atom is -0.492 e. The molecule has 0 saturated carbocycles. The third-order valence-corrected chi connectivity index (χ3v) is 3.58. The van der Waals surface area contributed by atoms with Gasteiger partial charge in [0, 0.05) is 17.7 Å². The Balaban J connectivity index is 2.11. The molecule has 1 aliphatic heterocycles. The van der Waals surface area contributed by atoms with Crippen LogP contribution < -0.4 is 10.5 Å². The van der Waals surface area contributed by atoms with Crippen molar-refractivity contribution in [3.8, 4) is 5.75 Å². The molecule has 0 aliphatic carbocycles. The van der Waals surface area contributed by atoms with Crippen molar-refractivity contribution in [3.05, 3.63) is 58.7 Å². The fourth-order valence-corrected chi connectivity index (χ4v) is 2.44. The van der Waals surface area contributed by atoms with Gasteiger partial charge in [-0.1, -0.05) is 24.3 Å². The molecule has 96 valence electrons. The van der Waals surface area contributed by atoms with Crippen molar-refractivity contribution in [1.82, 2.24) is 0 Å². The van der Waals surface area contributed by atoms with Gasteiger partial charge in [-0.25, -0.2) is 0 Å². The number of rotatable bonds is 2. The third-order valence-electron chi connectivity index (χ3n) is 3.58. The van der Waals surface area contributed by atoms with Gasteiger partial charge in [-0.15, -0.1) is 0 Å². The topological polar surface area (TPSA) is 52.3 Å². The first-order chi connectivity index (χ1) is 9.18. The number of para-hydroxylation sites is 1. The standard InChI is InChI=1S/C16H15NO2/c1-10-12(5-3-7-14(10)17)15(18)13-6-2-4-11-8-9-19-16(11)13/h2-7H,8-9,17H2,1H3. The lowest BCUT2D eigenvalue weighted by molar-refractivity contribution is 0.103. The maximum atomic E-state index is 12.6. The third kappa shape index (κ3) is 1.87. The molecule has 0 fully saturated rings. The molecule has 0 amide bonds. The van der Waals surface area contributed by atoms with Gasteiger partial charge >= 0.3 is 0 Å². The first kappa shape index (κ1) is 11.8. The van der Waals surface area contributed by atoms with Crippen molar-refractivity contribution in [2.24, 2.45) is 0 Å². The van der Waals surface area contributed by atoms with Crippen LogP contribution in [0.15, 0.2) is 36.4 Å². The lowest BCUT2D eigenvalue weighted by Crippen LogP contribution is -2.07. The molecule has 0 aromatic heterocycles. The summed E-state index contributed by atoms with van der Waals surface area (Å²) >= 11 is 0. The summed E-state index contributed by atoms with van der Waals surface area (Å²) in [6, 6.07) is 11.1. The second kappa shape index (κ2) is 4.43. The van der Waals surface area contributed by atoms with Gasteiger partial charge in [-0.05, 0) is 30.2 Å². The number of ketones is 1. The highest BCUT2D eigenvalue weighted by atomic mass is 16.5. The lowest BCUT2D eigenvalue weighted by Gasteiger charge is -2.10. The molecular formula is C16H15NO2. The van der Waals surface area contributed by atoms with Crippen LogP contribution in [-0.4, -0.2) is 12.4 Å². The average molecular weight is 253 g/mol. The predicted molar refractivity (Wildman–Crippen MR) is 74.7 cm³/mol. The normalized spacial score (nSPS) is 12.9. The molecular weight excluding hydrogens is 238 g/mol. The minimum atomic E-state index is -0.0245. The molecule has 0 radical (unpaired) electrons. The number of benzene rings is 2. The zero-order valence-corrected chi connectivity index (χ0v) is 10.8. The van der Waals surface area contributed by atoms with Crippen LogP contribution in [0.3, 0.4) is 0 Å². The smallest absolute Gasteiger partial charge is 0.197 e. The van der Waals surface area contributed by atoms with Crippen molar-refractivity contribution >= 4 is 11.5 Å². The molecule has 0 atom stereocenters. The highest BCUT2D eigenvalue weighted by molar-refractivity contribution is 6.12. The van der Waals surface area contributed by atoms with E-state index in [0.717, 1.165) is 23.3 Å². The van der Waals surface area contributed by atoms with Crippen molar-refractivity contribution in [1.29, 1.82) is 0 Å². The van der Waals surface area contributed by atoms with E-state index in [1.54, 1.807) is 12.1 Å². The van der Waals surface area contributed by atoms with Gasteiger partial charge in [-0.3, -0.25) is 4.79 Å². The zero-order valence-electron chi connectivity index (χ0n) is 10.8. The molecule has 1 aliphatic rings. The number of ether oxygens (including phenoxy) is 1. The summed E-state index contributed by atoms with van der Waals surface area (Å²) in [4.78, 5) is 12.6. The van der Waals surface area contributed by atoms with E-state index in [2.05, 4.69) is 0 Å². The van der Waals surface area contributed by atoms with E-state index in [0.29, 0.717) is 23.4 Å². The zero-order chi connectivity index (χ0) is 13.4. The molecule has 3 nitrogen and oxygen atoms in total. The first-order valence-corrected chi connectivity index (χ1v) is 6.33. The van der Waals surface area contributed by atoms with Crippen LogP contribution in [0.25, 0.3) is 0 Å². The van der Waals surface area contributed by atoms with Crippen molar-refractivity contribution < 1.29 is 9.53 Å². The summed E-state index contributed by atoms with van der Waals surface area (Å²) in [5, 5.41) is 0. The molecule has 0 saturated heterocycles. The van der Waals surface area contributed by atoms with E-state index < -0.39 is 0 Å². The Morgan fingerprint density at radius 3 is 2.74 bits per heavy atom. The highest BCUT2D eigenvalue weighted by Gasteiger charge is 2.22. The summed E-state index contributed by atoms with van der Waals surface area (Å²) in [7, 11) is 0. The SMILES string of the molecule is Cc1c(N)cccc1C(=O)c1cccc2c1OCC2. The Labute approximate surface area is 112 Å². The van der Waals surface area contributed by atoms with Crippen LogP contribution in [0.4, 0.5) is 5.69 Å². The molecule has 0 bridgehead atoms. The Morgan fingerprint density at radius 2 is 1.89 bits per heavy atom. The summed E-state index contributed by atoms with van der Waals surface area (Å²) in [6.45, 7) is 2.52. The summed E-state index contributed by atoms with van der Waals surface area (Å²) in [5.41, 5.74) is 9.70. The van der Waals surface area contributed by atoms with Crippen LogP contribution in [-0.2, 0) is 6.42 Å². The maximum absolute atomic E-state index is 12.6. The molecule has 0 unspecified atom stereocenters. The van der Waals surface area contributed by atoms with Gasteiger partial charge in [0.15, 0.2) is 5.78 Å². The lowest BCUT2D eigenvalue weighted by atomic mass is 9.96. The second-order valence-electron chi connectivity index (χ2n) is 4.74. The summed E-state index contributed by atoms with van der Waals surface area (Å²) in [6.07, 6.45) is 0.867. The number of carbonyl (C=O) groups excluding carboxylic acids is 1. The Morgan fingerprint density at radius 1 is 1.16 bits per heavy atom. The molecule has 19 heavy (non-hydrogen) atoms. The van der Waals surface area contributed by atoms with Gasteiger partial charge in [-0.2, -0.15) is 0 Å². The maximum Gasteiger partial charge on any atom is 0.197 e. The van der Waals surface area contributed by atoms with E-state index in [1.165, 1.54) is 0 Å². The Kier molecular flexibility index (Phi) is 2.75. The van der Waals surface area contributed by atoms with Crippen LogP contribution in [0.5, 0.6) is 5.75 Å². The van der Waals surface area contributed by atoms with E-state index in [1.807, 2.05) is 31.2 Å². The van der Waals surface area contributed by atoms with E-state index in [9.17, 15) is 4.79 Å². The van der Waals surface area contributed by atoms with Crippen LogP contribution in [0.2, 0.25) is 0 Å². The number of anilines is 1. The number of hydrogen-bond acceptors (Lipinski definition) is 3. The van der Waals surface area contributed by atoms with Crippen LogP contribution in [0.1, 0.15) is 27.0 Å². The van der Waals surface area contributed by atoms with E-state index in [-0.39, 0.29) is 5.78 Å². The minimum absolute atomic E-state index is 0.0245. The molecule has 2 N–H and O–H groups in total. The van der Waals surface area contributed by atoms with Crippen LogP contribution >= 0.6 is 0 Å². The summed E-state index contributed by atoms with van der Waals surface area (Å²) < 4.78 is 5.59. The summed E-state index contributed by atoms with van der Waals surface area (Å²) in [5.74, 6) is 0.706. The first-order valence-electron chi connectivity index (χ1n) is 6.33. The number of nitrogens with two attached hydrogens (primary N) is 1. The predicted octanol–water partition coefficient (Wildman–Crippen LogP) is 2.74. The highest BCUT2D eigenvalue weighted by Crippen LogP contribution is 2.32. The average Bonchev–Trinajstić information content (AvgIpc) is 2.89. The Bertz CT molecular complexity index is 662. The van der Waals surface area contributed by atoms with Gasteiger partial charge in [0.2, 0.25) is 0 Å². The van der Waals surface area contributed by atoms with Gasteiger partial charge in [0.05, 0.1) is 12.2 Å². The molecule has 1 heterocycles. The molecule has 2 aromatic carbocycles. The van der Waals surface area contributed by atoms with E-state index >= 15 is 0 Å². The largest absolute Gasteiger partial charge is 0.492 e. The second-order valence-corrected chi connectivity index (χ2v) is 4.74. The molecule has 2 aromatic rings. The van der Waals surface area contributed by atoms with Crippen LogP contribution in [0, 0.1) is 6.92 Å². The number of nitrogen functional groups attached to an aromatic ring is 1. The van der Waals surface area contributed by atoms with Crippen molar-refractivity contribution in [2.45, 2.75) is 13.3 Å². The molecule has 3 rings (SSSR count). The van der Waals surface area contributed by atoms with Gasteiger partial charge in [0.1, 0.15) is 5.75 Å². The molecule has 0 spiro atoms. The fraction of sp³-hybridized carbons (Fsp3) is 0.188. The van der Waals surface area contributed by atoms with E-state index in [4.69, 9.17) is 10.5 Å². The monoisotopic (exact) mass is 253 g/mol. The van der Waals surface area contributed by atoms with Gasteiger partial charge < -0.3 is 10.5 Å². The van der Waals surface area contributed by atoms with Crippen molar-refractivity contribution in [3.63, 3.8) is 0 Å². The number of hydrogen-bond donors (Lipinski definition) is 1. The number of fused-ring (bicyclic) bond motifs is 1.